The van der Waals surface area contributed by atoms with Crippen LogP contribution in [0.25, 0.3) is 0 Å². The SMILES string of the molecule is C=CCOC(=O)NCC(C)CO. The summed E-state index contributed by atoms with van der Waals surface area (Å²) in [5.41, 5.74) is 0. The van der Waals surface area contributed by atoms with E-state index in [9.17, 15) is 4.79 Å². The standard InChI is InChI=1S/C8H15NO3/c1-3-4-12-8(11)9-5-7(2)6-10/h3,7,10H,1,4-6H2,2H3,(H,9,11). The van der Waals surface area contributed by atoms with Gasteiger partial charge >= 0.3 is 6.09 Å². The summed E-state index contributed by atoms with van der Waals surface area (Å²) in [7, 11) is 0. The fourth-order valence-electron chi connectivity index (χ4n) is 0.508. The first kappa shape index (κ1) is 11.0. The molecule has 0 saturated carbocycles. The highest BCUT2D eigenvalue weighted by Crippen LogP contribution is 1.89. The van der Waals surface area contributed by atoms with Gasteiger partial charge in [0.05, 0.1) is 0 Å². The van der Waals surface area contributed by atoms with Gasteiger partial charge in [-0.2, -0.15) is 0 Å². The van der Waals surface area contributed by atoms with Gasteiger partial charge < -0.3 is 15.2 Å². The molecule has 12 heavy (non-hydrogen) atoms. The Hall–Kier alpha value is -1.03. The van der Waals surface area contributed by atoms with Crippen molar-refractivity contribution in [3.63, 3.8) is 0 Å². The molecule has 4 nitrogen and oxygen atoms in total. The van der Waals surface area contributed by atoms with Gasteiger partial charge in [-0.3, -0.25) is 0 Å². The van der Waals surface area contributed by atoms with E-state index in [2.05, 4.69) is 16.6 Å². The topological polar surface area (TPSA) is 58.6 Å². The monoisotopic (exact) mass is 173 g/mol. The lowest BCUT2D eigenvalue weighted by molar-refractivity contribution is 0.153. The predicted octanol–water partition coefficient (Wildman–Crippen LogP) is 0.527. The average molecular weight is 173 g/mol. The first-order valence-electron chi connectivity index (χ1n) is 3.83. The van der Waals surface area contributed by atoms with Crippen LogP contribution in [-0.2, 0) is 4.74 Å². The number of aliphatic hydroxyl groups is 1. The summed E-state index contributed by atoms with van der Waals surface area (Å²) < 4.78 is 4.64. The Labute approximate surface area is 72.2 Å². The molecule has 1 unspecified atom stereocenters. The Morgan fingerprint density at radius 3 is 3.00 bits per heavy atom. The van der Waals surface area contributed by atoms with Crippen LogP contribution in [0.4, 0.5) is 4.79 Å². The van der Waals surface area contributed by atoms with Gasteiger partial charge in [-0.25, -0.2) is 4.79 Å². The lowest BCUT2D eigenvalue weighted by atomic mass is 10.2. The van der Waals surface area contributed by atoms with Gasteiger partial charge in [0, 0.05) is 13.2 Å². The van der Waals surface area contributed by atoms with E-state index >= 15 is 0 Å². The second-order valence-corrected chi connectivity index (χ2v) is 2.56. The zero-order chi connectivity index (χ0) is 9.40. The molecule has 0 rings (SSSR count). The molecule has 0 saturated heterocycles. The van der Waals surface area contributed by atoms with Gasteiger partial charge in [-0.1, -0.05) is 19.6 Å². The largest absolute Gasteiger partial charge is 0.445 e. The number of nitrogens with one attached hydrogen (secondary N) is 1. The number of hydrogen-bond acceptors (Lipinski definition) is 3. The molecule has 0 radical (unpaired) electrons. The van der Waals surface area contributed by atoms with Crippen LogP contribution in [0.3, 0.4) is 0 Å². The van der Waals surface area contributed by atoms with E-state index < -0.39 is 6.09 Å². The molecule has 0 bridgehead atoms. The summed E-state index contributed by atoms with van der Waals surface area (Å²) in [5, 5.41) is 11.1. The summed E-state index contributed by atoms with van der Waals surface area (Å²) in [6.07, 6.45) is 1.02. The van der Waals surface area contributed by atoms with Gasteiger partial charge in [0.15, 0.2) is 0 Å². The quantitative estimate of drug-likeness (QED) is 0.596. The molecule has 2 N–H and O–H groups in total. The zero-order valence-corrected chi connectivity index (χ0v) is 7.25. The van der Waals surface area contributed by atoms with Crippen LogP contribution in [0, 0.1) is 5.92 Å². The minimum absolute atomic E-state index is 0.0567. The zero-order valence-electron chi connectivity index (χ0n) is 7.25. The molecule has 0 heterocycles. The van der Waals surface area contributed by atoms with E-state index in [1.165, 1.54) is 6.08 Å². The summed E-state index contributed by atoms with van der Waals surface area (Å²) in [6.45, 7) is 5.91. The van der Waals surface area contributed by atoms with E-state index in [1.807, 2.05) is 6.92 Å². The van der Waals surface area contributed by atoms with Crippen molar-refractivity contribution in [3.8, 4) is 0 Å². The molecule has 0 aliphatic heterocycles. The van der Waals surface area contributed by atoms with Crippen LogP contribution in [0.5, 0.6) is 0 Å². The van der Waals surface area contributed by atoms with Crippen LogP contribution < -0.4 is 5.32 Å². The van der Waals surface area contributed by atoms with E-state index in [0.29, 0.717) is 6.54 Å². The van der Waals surface area contributed by atoms with E-state index in [1.54, 1.807) is 0 Å². The number of rotatable bonds is 5. The molecule has 1 amide bonds. The summed E-state index contributed by atoms with van der Waals surface area (Å²) in [5.74, 6) is 0.0567. The molecular weight excluding hydrogens is 158 g/mol. The highest BCUT2D eigenvalue weighted by molar-refractivity contribution is 5.67. The number of alkyl carbamates (subject to hydrolysis) is 1. The molecule has 0 fully saturated rings. The third-order valence-corrected chi connectivity index (χ3v) is 1.24. The predicted molar refractivity (Wildman–Crippen MR) is 45.8 cm³/mol. The Bertz CT molecular complexity index is 147. The minimum Gasteiger partial charge on any atom is -0.445 e. The highest BCUT2D eigenvalue weighted by Gasteiger charge is 2.03. The molecule has 0 aliphatic rings. The van der Waals surface area contributed by atoms with Crippen molar-refractivity contribution in [2.45, 2.75) is 6.92 Å². The molecule has 0 aromatic carbocycles. The van der Waals surface area contributed by atoms with Crippen molar-refractivity contribution < 1.29 is 14.6 Å². The Balaban J connectivity index is 3.36. The Morgan fingerprint density at radius 2 is 2.50 bits per heavy atom. The number of amides is 1. The molecule has 0 aromatic rings. The summed E-state index contributed by atoms with van der Waals surface area (Å²) in [4.78, 5) is 10.8. The normalized spacial score (nSPS) is 11.8. The maximum absolute atomic E-state index is 10.8. The second-order valence-electron chi connectivity index (χ2n) is 2.56. The summed E-state index contributed by atoms with van der Waals surface area (Å²) >= 11 is 0. The summed E-state index contributed by atoms with van der Waals surface area (Å²) in [6, 6.07) is 0. The Kier molecular flexibility index (Phi) is 6.09. The number of carbonyl (C=O) groups is 1. The number of carbonyl (C=O) groups excluding carboxylic acids is 1. The molecule has 0 aliphatic carbocycles. The van der Waals surface area contributed by atoms with Crippen molar-refractivity contribution in [2.75, 3.05) is 19.8 Å². The van der Waals surface area contributed by atoms with Gasteiger partial charge in [-0.05, 0) is 5.92 Å². The fraction of sp³-hybridized carbons (Fsp3) is 0.625. The van der Waals surface area contributed by atoms with Crippen LogP contribution in [-0.4, -0.2) is 31.0 Å². The maximum Gasteiger partial charge on any atom is 0.407 e. The molecular formula is C8H15NO3. The lowest BCUT2D eigenvalue weighted by Gasteiger charge is -2.08. The van der Waals surface area contributed by atoms with Gasteiger partial charge in [0.2, 0.25) is 0 Å². The first-order valence-corrected chi connectivity index (χ1v) is 3.83. The average Bonchev–Trinajstić information content (AvgIpc) is 2.10. The van der Waals surface area contributed by atoms with Gasteiger partial charge in [0.25, 0.3) is 0 Å². The third kappa shape index (κ3) is 5.73. The van der Waals surface area contributed by atoms with E-state index in [4.69, 9.17) is 5.11 Å². The van der Waals surface area contributed by atoms with Crippen LogP contribution in [0.15, 0.2) is 12.7 Å². The van der Waals surface area contributed by atoms with Crippen LogP contribution in [0.2, 0.25) is 0 Å². The third-order valence-electron chi connectivity index (χ3n) is 1.24. The van der Waals surface area contributed by atoms with E-state index in [0.717, 1.165) is 0 Å². The molecule has 70 valence electrons. The van der Waals surface area contributed by atoms with E-state index in [-0.39, 0.29) is 19.1 Å². The van der Waals surface area contributed by atoms with Crippen molar-refractivity contribution in [3.05, 3.63) is 12.7 Å². The van der Waals surface area contributed by atoms with Gasteiger partial charge in [-0.15, -0.1) is 0 Å². The number of ether oxygens (including phenoxy) is 1. The number of aliphatic hydroxyl groups excluding tert-OH is 1. The fourth-order valence-corrected chi connectivity index (χ4v) is 0.508. The highest BCUT2D eigenvalue weighted by atomic mass is 16.5. The van der Waals surface area contributed by atoms with Crippen molar-refractivity contribution >= 4 is 6.09 Å². The second kappa shape index (κ2) is 6.67. The Morgan fingerprint density at radius 1 is 1.83 bits per heavy atom. The van der Waals surface area contributed by atoms with Crippen molar-refractivity contribution in [1.29, 1.82) is 0 Å². The van der Waals surface area contributed by atoms with Crippen molar-refractivity contribution in [1.82, 2.24) is 5.32 Å². The molecule has 0 spiro atoms. The van der Waals surface area contributed by atoms with Crippen LogP contribution >= 0.6 is 0 Å². The maximum atomic E-state index is 10.8. The minimum atomic E-state index is -0.477. The molecule has 4 heteroatoms. The molecule has 1 atom stereocenters. The number of hydrogen-bond donors (Lipinski definition) is 2. The van der Waals surface area contributed by atoms with Gasteiger partial charge in [0.1, 0.15) is 6.61 Å². The van der Waals surface area contributed by atoms with Crippen LogP contribution in [0.1, 0.15) is 6.92 Å². The molecule has 0 aromatic heterocycles. The lowest BCUT2D eigenvalue weighted by Crippen LogP contribution is -2.30. The first-order chi connectivity index (χ1) is 5.70. The van der Waals surface area contributed by atoms with Crippen molar-refractivity contribution in [2.24, 2.45) is 5.92 Å². The smallest absolute Gasteiger partial charge is 0.407 e.